The van der Waals surface area contributed by atoms with Crippen LogP contribution in [0.5, 0.6) is 0 Å². The van der Waals surface area contributed by atoms with E-state index in [0.29, 0.717) is 5.82 Å². The average molecular weight is 715 g/mol. The number of benzene rings is 8. The lowest BCUT2D eigenvalue weighted by atomic mass is 9.67. The van der Waals surface area contributed by atoms with E-state index in [-0.39, 0.29) is 0 Å². The van der Waals surface area contributed by atoms with Crippen molar-refractivity contribution >= 4 is 21.9 Å². The van der Waals surface area contributed by atoms with E-state index in [1.54, 1.807) is 0 Å². The number of furan rings is 1. The maximum atomic E-state index is 6.26. The lowest BCUT2D eigenvalue weighted by Gasteiger charge is -2.34. The third-order valence-electron chi connectivity index (χ3n) is 11.4. The van der Waals surface area contributed by atoms with Gasteiger partial charge in [-0.1, -0.05) is 170 Å². The summed E-state index contributed by atoms with van der Waals surface area (Å²) in [7, 11) is 0. The van der Waals surface area contributed by atoms with E-state index in [0.717, 1.165) is 61.1 Å². The smallest absolute Gasteiger partial charge is 0.160 e. The zero-order chi connectivity index (χ0) is 37.1. The van der Waals surface area contributed by atoms with Gasteiger partial charge in [-0.3, -0.25) is 0 Å². The largest absolute Gasteiger partial charge is 0.456 e. The predicted molar refractivity (Wildman–Crippen MR) is 228 cm³/mol. The van der Waals surface area contributed by atoms with Crippen LogP contribution in [-0.2, 0) is 5.41 Å². The molecule has 0 aliphatic heterocycles. The fourth-order valence-corrected chi connectivity index (χ4v) is 8.83. The van der Waals surface area contributed by atoms with Crippen molar-refractivity contribution in [2.24, 2.45) is 0 Å². The first kappa shape index (κ1) is 32.1. The SMILES string of the molecule is c1ccc(-c2nc(-c3cccc(-c4ccc5c(c4)oc4ccccc45)c3)cc(-c3ccc4c(c3)C(c3ccccc3)(c3ccccc3)c3ccccc3-4)n2)cc1. The van der Waals surface area contributed by atoms with Crippen LogP contribution in [-0.4, -0.2) is 9.97 Å². The minimum absolute atomic E-state index is 0.502. The van der Waals surface area contributed by atoms with Crippen molar-refractivity contribution in [2.75, 3.05) is 0 Å². The van der Waals surface area contributed by atoms with E-state index in [2.05, 4.69) is 176 Å². The van der Waals surface area contributed by atoms with Crippen molar-refractivity contribution < 1.29 is 4.42 Å². The van der Waals surface area contributed by atoms with Crippen molar-refractivity contribution in [1.82, 2.24) is 9.97 Å². The molecule has 1 aliphatic rings. The van der Waals surface area contributed by atoms with Gasteiger partial charge in [-0.2, -0.15) is 0 Å². The van der Waals surface area contributed by atoms with Crippen molar-refractivity contribution in [2.45, 2.75) is 5.41 Å². The number of fused-ring (bicyclic) bond motifs is 6. The molecule has 0 unspecified atom stereocenters. The highest BCUT2D eigenvalue weighted by molar-refractivity contribution is 6.06. The fraction of sp³-hybridized carbons (Fsp3) is 0.0189. The van der Waals surface area contributed by atoms with E-state index in [1.807, 2.05) is 30.3 Å². The second-order valence-corrected chi connectivity index (χ2v) is 14.5. The van der Waals surface area contributed by atoms with Gasteiger partial charge in [0.15, 0.2) is 5.82 Å². The van der Waals surface area contributed by atoms with Crippen molar-refractivity contribution in [3.05, 3.63) is 229 Å². The summed E-state index contributed by atoms with van der Waals surface area (Å²) in [6.07, 6.45) is 0. The molecule has 3 nitrogen and oxygen atoms in total. The Hall–Kier alpha value is -7.36. The van der Waals surface area contributed by atoms with Gasteiger partial charge in [0.25, 0.3) is 0 Å². The first-order chi connectivity index (χ1) is 27.7. The van der Waals surface area contributed by atoms with Gasteiger partial charge in [-0.15, -0.1) is 0 Å². The molecular formula is C53H34N2O. The molecule has 1 aliphatic carbocycles. The van der Waals surface area contributed by atoms with E-state index in [4.69, 9.17) is 14.4 Å². The zero-order valence-electron chi connectivity index (χ0n) is 30.4. The molecule has 8 aromatic carbocycles. The Bertz CT molecular complexity index is 3040. The molecule has 0 radical (unpaired) electrons. The normalized spacial score (nSPS) is 12.8. The van der Waals surface area contributed by atoms with Crippen LogP contribution in [0.25, 0.3) is 78.1 Å². The first-order valence-electron chi connectivity index (χ1n) is 19.1. The molecule has 0 amide bonds. The molecule has 11 rings (SSSR count). The van der Waals surface area contributed by atoms with Crippen LogP contribution in [0.15, 0.2) is 211 Å². The highest BCUT2D eigenvalue weighted by atomic mass is 16.3. The third-order valence-corrected chi connectivity index (χ3v) is 11.4. The van der Waals surface area contributed by atoms with Gasteiger partial charge in [-0.25, -0.2) is 9.97 Å². The summed E-state index contributed by atoms with van der Waals surface area (Å²) in [5, 5.41) is 2.25. The van der Waals surface area contributed by atoms with Gasteiger partial charge in [0.05, 0.1) is 16.8 Å². The van der Waals surface area contributed by atoms with Crippen LogP contribution < -0.4 is 0 Å². The maximum absolute atomic E-state index is 6.26. The second-order valence-electron chi connectivity index (χ2n) is 14.5. The maximum Gasteiger partial charge on any atom is 0.160 e. The van der Waals surface area contributed by atoms with Gasteiger partial charge in [0, 0.05) is 27.5 Å². The highest BCUT2D eigenvalue weighted by Gasteiger charge is 2.46. The Morgan fingerprint density at radius 3 is 1.66 bits per heavy atom. The Morgan fingerprint density at radius 1 is 0.339 bits per heavy atom. The molecule has 2 aromatic heterocycles. The molecule has 0 saturated heterocycles. The molecule has 3 heteroatoms. The van der Waals surface area contributed by atoms with Gasteiger partial charge in [0.2, 0.25) is 0 Å². The summed E-state index contributed by atoms with van der Waals surface area (Å²) < 4.78 is 6.26. The Labute approximate surface area is 325 Å². The highest BCUT2D eigenvalue weighted by Crippen LogP contribution is 2.56. The molecule has 0 saturated carbocycles. The van der Waals surface area contributed by atoms with Gasteiger partial charge in [-0.05, 0) is 80.9 Å². The van der Waals surface area contributed by atoms with Crippen LogP contribution in [0.3, 0.4) is 0 Å². The van der Waals surface area contributed by atoms with Gasteiger partial charge >= 0.3 is 0 Å². The van der Waals surface area contributed by atoms with E-state index in [1.165, 1.54) is 33.4 Å². The molecule has 10 aromatic rings. The summed E-state index contributed by atoms with van der Waals surface area (Å²) in [6.45, 7) is 0. The number of nitrogens with zero attached hydrogens (tertiary/aromatic N) is 2. The first-order valence-corrected chi connectivity index (χ1v) is 19.1. The third kappa shape index (κ3) is 5.05. The number of hydrogen-bond donors (Lipinski definition) is 0. The van der Waals surface area contributed by atoms with E-state index in [9.17, 15) is 0 Å². The Balaban J connectivity index is 1.09. The molecule has 0 spiro atoms. The number of aromatic nitrogens is 2. The van der Waals surface area contributed by atoms with Crippen LogP contribution >= 0.6 is 0 Å². The fourth-order valence-electron chi connectivity index (χ4n) is 8.83. The zero-order valence-corrected chi connectivity index (χ0v) is 30.4. The molecule has 0 N–H and O–H groups in total. The van der Waals surface area contributed by atoms with Crippen LogP contribution in [0.4, 0.5) is 0 Å². The van der Waals surface area contributed by atoms with Gasteiger partial charge < -0.3 is 4.42 Å². The lowest BCUT2D eigenvalue weighted by molar-refractivity contribution is 0.669. The van der Waals surface area contributed by atoms with Crippen molar-refractivity contribution in [1.29, 1.82) is 0 Å². The summed E-state index contributed by atoms with van der Waals surface area (Å²) in [5.74, 6) is 0.688. The summed E-state index contributed by atoms with van der Waals surface area (Å²) >= 11 is 0. The minimum atomic E-state index is -0.502. The lowest BCUT2D eigenvalue weighted by Crippen LogP contribution is -2.28. The minimum Gasteiger partial charge on any atom is -0.456 e. The topological polar surface area (TPSA) is 38.9 Å². The summed E-state index contributed by atoms with van der Waals surface area (Å²) in [6, 6.07) is 73.3. The molecule has 262 valence electrons. The van der Waals surface area contributed by atoms with Crippen molar-refractivity contribution in [3.8, 4) is 56.2 Å². The second kappa shape index (κ2) is 12.9. The summed E-state index contributed by atoms with van der Waals surface area (Å²) in [5.41, 5.74) is 15.7. The average Bonchev–Trinajstić information content (AvgIpc) is 3.80. The summed E-state index contributed by atoms with van der Waals surface area (Å²) in [4.78, 5) is 10.5. The predicted octanol–water partition coefficient (Wildman–Crippen LogP) is 13.4. The van der Waals surface area contributed by atoms with Crippen LogP contribution in [0.1, 0.15) is 22.3 Å². The van der Waals surface area contributed by atoms with E-state index < -0.39 is 5.41 Å². The van der Waals surface area contributed by atoms with E-state index >= 15 is 0 Å². The molecule has 56 heavy (non-hydrogen) atoms. The number of rotatable bonds is 6. The van der Waals surface area contributed by atoms with Gasteiger partial charge in [0.1, 0.15) is 11.2 Å². The molecule has 0 fully saturated rings. The molecule has 0 atom stereocenters. The Morgan fingerprint density at radius 2 is 0.893 bits per heavy atom. The molecule has 0 bridgehead atoms. The number of para-hydroxylation sites is 1. The van der Waals surface area contributed by atoms with Crippen molar-refractivity contribution in [3.63, 3.8) is 0 Å². The Kier molecular flexibility index (Phi) is 7.39. The molecular weight excluding hydrogens is 681 g/mol. The monoisotopic (exact) mass is 714 g/mol. The number of hydrogen-bond acceptors (Lipinski definition) is 3. The van der Waals surface area contributed by atoms with Crippen LogP contribution in [0.2, 0.25) is 0 Å². The van der Waals surface area contributed by atoms with Crippen LogP contribution in [0, 0.1) is 0 Å². The quantitative estimate of drug-likeness (QED) is 0.172. The molecule has 2 heterocycles. The standard InChI is InChI=1S/C53H34N2O/c1-4-15-35(16-5-1)52-54-48(38-18-14-17-36(31-38)37-27-30-45-44-24-11-13-26-50(44)56-51(45)33-37)34-49(55-52)39-28-29-43-42-23-10-12-25-46(42)53(47(43)32-39,40-19-6-2-7-20-40)41-21-8-3-9-22-41/h1-34H.